The van der Waals surface area contributed by atoms with Crippen LogP contribution in [0.1, 0.15) is 40.1 Å². The quantitative estimate of drug-likeness (QED) is 0.327. The zero-order valence-corrected chi connectivity index (χ0v) is 23.3. The number of benzene rings is 1. The standard InChI is InChI=1S/C28H28ClF3N6O3/c1-16-14-36(22(15-39)19-6-9-23(29)33-12-19)10-11-37(16)27(40)21-13-34-38-25(28(30,31)32)17(2)24(35-26(21)38)18-4-7-20(41-3)8-5-18/h4-9,12-13,16,22,39H,10-11,14-15H2,1-3H3/t16-,22?/m1/s1. The van der Waals surface area contributed by atoms with Gasteiger partial charge < -0.3 is 14.7 Å². The Morgan fingerprint density at radius 3 is 2.49 bits per heavy atom. The van der Waals surface area contributed by atoms with Gasteiger partial charge in [0.25, 0.3) is 5.91 Å². The van der Waals surface area contributed by atoms with E-state index in [-0.39, 0.29) is 47.7 Å². The largest absolute Gasteiger partial charge is 0.497 e. The van der Waals surface area contributed by atoms with E-state index in [4.69, 9.17) is 16.3 Å². The van der Waals surface area contributed by atoms with Crippen LogP contribution in [-0.2, 0) is 6.18 Å². The van der Waals surface area contributed by atoms with Crippen molar-refractivity contribution in [3.63, 3.8) is 0 Å². The van der Waals surface area contributed by atoms with Crippen LogP contribution in [-0.4, -0.2) is 79.8 Å². The average molecular weight is 589 g/mol. The van der Waals surface area contributed by atoms with Crippen LogP contribution in [0.5, 0.6) is 5.75 Å². The third-order valence-corrected chi connectivity index (χ3v) is 7.64. The summed E-state index contributed by atoms with van der Waals surface area (Å²) in [7, 11) is 1.50. The third-order valence-electron chi connectivity index (χ3n) is 7.41. The van der Waals surface area contributed by atoms with Gasteiger partial charge in [-0.2, -0.15) is 18.3 Å². The molecule has 0 spiro atoms. The molecule has 9 nitrogen and oxygen atoms in total. The van der Waals surface area contributed by atoms with Crippen molar-refractivity contribution < 1.29 is 27.8 Å². The number of aliphatic hydroxyl groups excluding tert-OH is 1. The topological polar surface area (TPSA) is 96.1 Å². The number of aliphatic hydroxyl groups is 1. The Bertz CT molecular complexity index is 1560. The predicted molar refractivity (Wildman–Crippen MR) is 146 cm³/mol. The average Bonchev–Trinajstić information content (AvgIpc) is 3.36. The maximum absolute atomic E-state index is 14.3. The number of ether oxygens (including phenoxy) is 1. The summed E-state index contributed by atoms with van der Waals surface area (Å²) in [6, 6.07) is 9.31. The van der Waals surface area contributed by atoms with Crippen molar-refractivity contribution in [1.29, 1.82) is 0 Å². The number of alkyl halides is 3. The van der Waals surface area contributed by atoms with Crippen molar-refractivity contribution in [3.05, 3.63) is 76.3 Å². The van der Waals surface area contributed by atoms with Gasteiger partial charge in [-0.05, 0) is 49.7 Å². The summed E-state index contributed by atoms with van der Waals surface area (Å²) in [5.74, 6) is 0.0821. The summed E-state index contributed by atoms with van der Waals surface area (Å²) < 4.78 is 48.7. The molecular formula is C28H28ClF3N6O3. The number of aromatic nitrogens is 4. The highest BCUT2D eigenvalue weighted by Crippen LogP contribution is 2.37. The molecule has 13 heteroatoms. The number of pyridine rings is 1. The predicted octanol–water partition coefficient (Wildman–Crippen LogP) is 4.66. The molecule has 1 fully saturated rings. The second-order valence-electron chi connectivity index (χ2n) is 9.91. The first kappa shape index (κ1) is 28.8. The van der Waals surface area contributed by atoms with E-state index in [9.17, 15) is 23.1 Å². The van der Waals surface area contributed by atoms with E-state index in [0.29, 0.717) is 34.1 Å². The van der Waals surface area contributed by atoms with Gasteiger partial charge in [0.15, 0.2) is 11.3 Å². The van der Waals surface area contributed by atoms with E-state index >= 15 is 0 Å². The monoisotopic (exact) mass is 588 g/mol. The minimum atomic E-state index is -4.74. The summed E-state index contributed by atoms with van der Waals surface area (Å²) in [6.45, 7) is 4.18. The Morgan fingerprint density at radius 1 is 1.17 bits per heavy atom. The molecule has 1 aliphatic heterocycles. The fourth-order valence-corrected chi connectivity index (χ4v) is 5.44. The lowest BCUT2D eigenvalue weighted by atomic mass is 10.0. The Hall–Kier alpha value is -3.74. The Balaban J connectivity index is 1.48. The molecule has 3 aromatic heterocycles. The SMILES string of the molecule is COc1ccc(-c2nc3c(C(=O)N4CCN(C(CO)c5ccc(Cl)nc5)C[C@H]4C)cnn3c(C(F)(F)F)c2C)cc1. The summed E-state index contributed by atoms with van der Waals surface area (Å²) in [5.41, 5.74) is 0.0438. The lowest BCUT2D eigenvalue weighted by molar-refractivity contribution is -0.143. The first-order valence-electron chi connectivity index (χ1n) is 12.9. The van der Waals surface area contributed by atoms with E-state index in [0.717, 1.165) is 11.8 Å². The molecule has 5 rings (SSSR count). The lowest BCUT2D eigenvalue weighted by Gasteiger charge is -2.42. The van der Waals surface area contributed by atoms with Gasteiger partial charge in [-0.15, -0.1) is 0 Å². The van der Waals surface area contributed by atoms with Crippen LogP contribution < -0.4 is 4.74 Å². The maximum Gasteiger partial charge on any atom is 0.433 e. The van der Waals surface area contributed by atoms with Gasteiger partial charge in [0, 0.05) is 43.0 Å². The summed E-state index contributed by atoms with van der Waals surface area (Å²) >= 11 is 5.90. The summed E-state index contributed by atoms with van der Waals surface area (Å²) in [5, 5.41) is 14.4. The molecule has 0 bridgehead atoms. The minimum Gasteiger partial charge on any atom is -0.497 e. The van der Waals surface area contributed by atoms with Crippen molar-refractivity contribution in [2.75, 3.05) is 33.4 Å². The van der Waals surface area contributed by atoms with Crippen LogP contribution in [0.25, 0.3) is 16.9 Å². The Kier molecular flexibility index (Phi) is 7.91. The molecule has 2 atom stereocenters. The second-order valence-corrected chi connectivity index (χ2v) is 10.3. The Morgan fingerprint density at radius 2 is 1.90 bits per heavy atom. The van der Waals surface area contributed by atoms with E-state index in [2.05, 4.69) is 15.1 Å². The van der Waals surface area contributed by atoms with Crippen LogP contribution in [0.2, 0.25) is 5.15 Å². The highest BCUT2D eigenvalue weighted by Gasteiger charge is 2.39. The molecule has 216 valence electrons. The molecule has 1 saturated heterocycles. The van der Waals surface area contributed by atoms with Crippen molar-refractivity contribution >= 4 is 23.2 Å². The molecule has 1 aliphatic rings. The van der Waals surface area contributed by atoms with E-state index < -0.39 is 17.8 Å². The van der Waals surface area contributed by atoms with Gasteiger partial charge >= 0.3 is 6.18 Å². The van der Waals surface area contributed by atoms with Gasteiger partial charge in [-0.25, -0.2) is 14.5 Å². The van der Waals surface area contributed by atoms with Crippen molar-refractivity contribution in [2.24, 2.45) is 0 Å². The van der Waals surface area contributed by atoms with Crippen LogP contribution in [0.4, 0.5) is 13.2 Å². The molecule has 0 saturated carbocycles. The van der Waals surface area contributed by atoms with Gasteiger partial charge in [0.1, 0.15) is 16.5 Å². The number of piperazine rings is 1. The van der Waals surface area contributed by atoms with Gasteiger partial charge in [0.05, 0.1) is 31.6 Å². The molecule has 1 aromatic carbocycles. The van der Waals surface area contributed by atoms with Gasteiger partial charge in [-0.3, -0.25) is 9.69 Å². The van der Waals surface area contributed by atoms with Crippen LogP contribution in [0, 0.1) is 6.92 Å². The molecule has 4 aromatic rings. The number of halogens is 4. The number of methoxy groups -OCH3 is 1. The molecule has 0 radical (unpaired) electrons. The minimum absolute atomic E-state index is 0.0221. The number of rotatable bonds is 6. The smallest absolute Gasteiger partial charge is 0.433 e. The first-order chi connectivity index (χ1) is 19.5. The number of carbonyl (C=O) groups excluding carboxylic acids is 1. The van der Waals surface area contributed by atoms with E-state index in [1.807, 2.05) is 11.8 Å². The third kappa shape index (κ3) is 5.46. The van der Waals surface area contributed by atoms with E-state index in [1.54, 1.807) is 47.5 Å². The first-order valence-corrected chi connectivity index (χ1v) is 13.3. The van der Waals surface area contributed by atoms with Crippen LogP contribution in [0.3, 0.4) is 0 Å². The number of nitrogens with zero attached hydrogens (tertiary/aromatic N) is 6. The van der Waals surface area contributed by atoms with Crippen molar-refractivity contribution in [1.82, 2.24) is 29.4 Å². The fraction of sp³-hybridized carbons (Fsp3) is 0.357. The number of fused-ring (bicyclic) bond motifs is 1. The summed E-state index contributed by atoms with van der Waals surface area (Å²) in [4.78, 5) is 26.0. The number of carbonyl (C=O) groups is 1. The van der Waals surface area contributed by atoms with Gasteiger partial charge in [0.2, 0.25) is 0 Å². The van der Waals surface area contributed by atoms with Crippen LogP contribution >= 0.6 is 11.6 Å². The number of hydrogen-bond donors (Lipinski definition) is 1. The zero-order chi connectivity index (χ0) is 29.5. The van der Waals surface area contributed by atoms with Crippen LogP contribution in [0.15, 0.2) is 48.8 Å². The molecule has 41 heavy (non-hydrogen) atoms. The highest BCUT2D eigenvalue weighted by atomic mass is 35.5. The Labute approximate surface area is 239 Å². The highest BCUT2D eigenvalue weighted by molar-refractivity contribution is 6.29. The normalized spacial score (nSPS) is 17.2. The summed E-state index contributed by atoms with van der Waals surface area (Å²) in [6.07, 6.45) is -1.99. The molecule has 1 amide bonds. The maximum atomic E-state index is 14.3. The van der Waals surface area contributed by atoms with Gasteiger partial charge in [-0.1, -0.05) is 17.7 Å². The molecule has 4 heterocycles. The molecule has 0 aliphatic carbocycles. The van der Waals surface area contributed by atoms with Crippen molar-refractivity contribution in [3.8, 4) is 17.0 Å². The zero-order valence-electron chi connectivity index (χ0n) is 22.6. The second kappa shape index (κ2) is 11.3. The molecule has 1 N–H and O–H groups in total. The van der Waals surface area contributed by atoms with E-state index in [1.165, 1.54) is 14.0 Å². The lowest BCUT2D eigenvalue weighted by Crippen LogP contribution is -2.55. The number of hydrogen-bond acceptors (Lipinski definition) is 7. The molecular weight excluding hydrogens is 561 g/mol. The number of amides is 1. The van der Waals surface area contributed by atoms with Crippen molar-refractivity contribution in [2.45, 2.75) is 32.1 Å². The fourth-order valence-electron chi connectivity index (χ4n) is 5.33. The molecule has 1 unspecified atom stereocenters.